The third-order valence-corrected chi connectivity index (χ3v) is 2.57. The van der Waals surface area contributed by atoms with Gasteiger partial charge in [-0.1, -0.05) is 30.3 Å². The number of alkyl halides is 3. The van der Waals surface area contributed by atoms with Crippen molar-refractivity contribution in [3.05, 3.63) is 47.8 Å². The molecule has 0 aliphatic carbocycles. The molecule has 1 atom stereocenters. The normalized spacial score (nSPS) is 13.9. The monoisotopic (exact) mass is 243 g/mol. The molecular formula is C12H9F4N. The molecule has 0 heterocycles. The molecule has 0 saturated carbocycles. The third-order valence-electron chi connectivity index (χ3n) is 2.57. The van der Waals surface area contributed by atoms with Crippen LogP contribution in [0.15, 0.2) is 36.4 Å². The fraction of sp³-hybridized carbons (Fsp3) is 0.167. The highest BCUT2D eigenvalue weighted by Gasteiger charge is 2.38. The second-order valence-electron chi connectivity index (χ2n) is 3.70. The van der Waals surface area contributed by atoms with Gasteiger partial charge in [0.25, 0.3) is 0 Å². The maximum Gasteiger partial charge on any atom is 0.407 e. The van der Waals surface area contributed by atoms with Crippen molar-refractivity contribution in [2.75, 3.05) is 0 Å². The molecule has 0 aliphatic rings. The lowest BCUT2D eigenvalue weighted by molar-refractivity contribution is -0.148. The van der Waals surface area contributed by atoms with E-state index in [1.54, 1.807) is 12.1 Å². The summed E-state index contributed by atoms with van der Waals surface area (Å²) in [4.78, 5) is 0. The Balaban J connectivity index is 2.70. The van der Waals surface area contributed by atoms with Gasteiger partial charge in [-0.3, -0.25) is 0 Å². The standard InChI is InChI=1S/C12H9F4N/c13-9-6-2-4-7-3-1-5-8(10(7)9)11(17)12(14,15)16/h1-6,11H,17H2/t11-/m0/s1. The van der Waals surface area contributed by atoms with E-state index in [0.717, 1.165) is 6.07 Å². The molecule has 0 aromatic heterocycles. The average Bonchev–Trinajstić information content (AvgIpc) is 2.26. The Morgan fingerprint density at radius 2 is 1.59 bits per heavy atom. The van der Waals surface area contributed by atoms with Crippen molar-refractivity contribution in [1.29, 1.82) is 0 Å². The first-order valence-electron chi connectivity index (χ1n) is 4.90. The molecule has 0 radical (unpaired) electrons. The largest absolute Gasteiger partial charge is 0.407 e. The predicted octanol–water partition coefficient (Wildman–Crippen LogP) is 3.54. The lowest BCUT2D eigenvalue weighted by atomic mass is 9.98. The van der Waals surface area contributed by atoms with Gasteiger partial charge in [0, 0.05) is 5.39 Å². The molecule has 0 fully saturated rings. The minimum absolute atomic E-state index is 0.0696. The van der Waals surface area contributed by atoms with Gasteiger partial charge in [0.2, 0.25) is 0 Å². The number of nitrogens with two attached hydrogens (primary N) is 1. The smallest absolute Gasteiger partial charge is 0.316 e. The van der Waals surface area contributed by atoms with Crippen LogP contribution in [-0.4, -0.2) is 6.18 Å². The Morgan fingerprint density at radius 3 is 2.18 bits per heavy atom. The maximum absolute atomic E-state index is 13.6. The van der Waals surface area contributed by atoms with Gasteiger partial charge in [-0.15, -0.1) is 0 Å². The highest BCUT2D eigenvalue weighted by Crippen LogP contribution is 2.35. The third kappa shape index (κ3) is 2.10. The van der Waals surface area contributed by atoms with Gasteiger partial charge in [-0.05, 0) is 17.0 Å². The van der Waals surface area contributed by atoms with E-state index in [-0.39, 0.29) is 10.9 Å². The molecule has 2 rings (SSSR count). The van der Waals surface area contributed by atoms with Crippen molar-refractivity contribution in [3.63, 3.8) is 0 Å². The van der Waals surface area contributed by atoms with Crippen LogP contribution in [0.25, 0.3) is 10.8 Å². The highest BCUT2D eigenvalue weighted by atomic mass is 19.4. The fourth-order valence-electron chi connectivity index (χ4n) is 1.76. The van der Waals surface area contributed by atoms with E-state index in [1.807, 2.05) is 0 Å². The van der Waals surface area contributed by atoms with E-state index < -0.39 is 18.0 Å². The van der Waals surface area contributed by atoms with Gasteiger partial charge in [0.15, 0.2) is 0 Å². The quantitative estimate of drug-likeness (QED) is 0.761. The van der Waals surface area contributed by atoms with Crippen molar-refractivity contribution in [3.8, 4) is 0 Å². The van der Waals surface area contributed by atoms with Crippen molar-refractivity contribution >= 4 is 10.8 Å². The maximum atomic E-state index is 13.6. The fourth-order valence-corrected chi connectivity index (χ4v) is 1.76. The van der Waals surface area contributed by atoms with Crippen LogP contribution in [0.4, 0.5) is 17.6 Å². The zero-order chi connectivity index (χ0) is 12.6. The lowest BCUT2D eigenvalue weighted by Crippen LogP contribution is -2.28. The van der Waals surface area contributed by atoms with E-state index in [2.05, 4.69) is 0 Å². The van der Waals surface area contributed by atoms with Gasteiger partial charge < -0.3 is 5.73 Å². The summed E-state index contributed by atoms with van der Waals surface area (Å²) < 4.78 is 51.2. The van der Waals surface area contributed by atoms with E-state index in [4.69, 9.17) is 5.73 Å². The van der Waals surface area contributed by atoms with Gasteiger partial charge in [-0.25, -0.2) is 4.39 Å². The number of benzene rings is 2. The topological polar surface area (TPSA) is 26.0 Å². The van der Waals surface area contributed by atoms with Crippen LogP contribution in [0.5, 0.6) is 0 Å². The minimum atomic E-state index is -4.59. The van der Waals surface area contributed by atoms with Gasteiger partial charge >= 0.3 is 6.18 Å². The summed E-state index contributed by atoms with van der Waals surface area (Å²) >= 11 is 0. The van der Waals surface area contributed by atoms with Crippen LogP contribution in [-0.2, 0) is 0 Å². The van der Waals surface area contributed by atoms with Crippen molar-refractivity contribution in [2.24, 2.45) is 5.73 Å². The molecule has 0 unspecified atom stereocenters. The zero-order valence-corrected chi connectivity index (χ0v) is 8.63. The average molecular weight is 243 g/mol. The predicted molar refractivity (Wildman–Crippen MR) is 56.9 cm³/mol. The van der Waals surface area contributed by atoms with Crippen LogP contribution in [0.3, 0.4) is 0 Å². The summed E-state index contributed by atoms with van der Waals surface area (Å²) in [6, 6.07) is 6.11. The summed E-state index contributed by atoms with van der Waals surface area (Å²) in [5.41, 5.74) is 4.87. The van der Waals surface area contributed by atoms with E-state index >= 15 is 0 Å². The first-order valence-corrected chi connectivity index (χ1v) is 4.90. The summed E-state index contributed by atoms with van der Waals surface area (Å²) in [6.07, 6.45) is -4.59. The molecule has 2 N–H and O–H groups in total. The van der Waals surface area contributed by atoms with E-state index in [9.17, 15) is 17.6 Å². The van der Waals surface area contributed by atoms with Gasteiger partial charge in [0.05, 0.1) is 0 Å². The van der Waals surface area contributed by atoms with Crippen molar-refractivity contribution in [1.82, 2.24) is 0 Å². The Hall–Kier alpha value is -1.62. The molecule has 0 aliphatic heterocycles. The Bertz CT molecular complexity index is 542. The zero-order valence-electron chi connectivity index (χ0n) is 8.63. The second kappa shape index (κ2) is 4.00. The SMILES string of the molecule is N[C@@H](c1cccc2cccc(F)c12)C(F)(F)F. The molecule has 2 aromatic carbocycles. The summed E-state index contributed by atoms with van der Waals surface area (Å²) in [7, 11) is 0. The Kier molecular flexibility index (Phi) is 2.79. The minimum Gasteiger partial charge on any atom is -0.316 e. The van der Waals surface area contributed by atoms with Crippen LogP contribution in [0.2, 0.25) is 0 Å². The first-order chi connectivity index (χ1) is 7.91. The number of hydrogen-bond donors (Lipinski definition) is 1. The second-order valence-corrected chi connectivity index (χ2v) is 3.70. The number of hydrogen-bond acceptors (Lipinski definition) is 1. The molecular weight excluding hydrogens is 234 g/mol. The molecule has 1 nitrogen and oxygen atoms in total. The first kappa shape index (κ1) is 11.9. The van der Waals surface area contributed by atoms with E-state index in [1.165, 1.54) is 18.2 Å². The summed E-state index contributed by atoms with van der Waals surface area (Å²) in [5, 5.41) is 0.335. The van der Waals surface area contributed by atoms with Crippen molar-refractivity contribution in [2.45, 2.75) is 12.2 Å². The molecule has 0 bridgehead atoms. The molecule has 0 amide bonds. The molecule has 0 spiro atoms. The van der Waals surface area contributed by atoms with E-state index in [0.29, 0.717) is 5.39 Å². The molecule has 17 heavy (non-hydrogen) atoms. The number of halogens is 4. The summed E-state index contributed by atoms with van der Waals surface area (Å²) in [6.45, 7) is 0. The summed E-state index contributed by atoms with van der Waals surface area (Å²) in [5.74, 6) is -0.696. The molecule has 5 heteroatoms. The van der Waals surface area contributed by atoms with Gasteiger partial charge in [0.1, 0.15) is 11.9 Å². The molecule has 90 valence electrons. The lowest BCUT2D eigenvalue weighted by Gasteiger charge is -2.18. The van der Waals surface area contributed by atoms with Crippen LogP contribution in [0.1, 0.15) is 11.6 Å². The molecule has 2 aromatic rings. The Labute approximate surface area is 94.8 Å². The van der Waals surface area contributed by atoms with Gasteiger partial charge in [-0.2, -0.15) is 13.2 Å². The van der Waals surface area contributed by atoms with Crippen molar-refractivity contribution < 1.29 is 17.6 Å². The van der Waals surface area contributed by atoms with Crippen LogP contribution < -0.4 is 5.73 Å². The molecule has 0 saturated heterocycles. The highest BCUT2D eigenvalue weighted by molar-refractivity contribution is 5.86. The number of fused-ring (bicyclic) bond motifs is 1. The van der Waals surface area contributed by atoms with Crippen LogP contribution >= 0.6 is 0 Å². The Morgan fingerprint density at radius 1 is 1.00 bits per heavy atom. The van der Waals surface area contributed by atoms with Crippen LogP contribution in [0, 0.1) is 5.82 Å². The number of rotatable bonds is 1.